The number of fused-ring (bicyclic) bond motifs is 1. The molecule has 0 bridgehead atoms. The lowest BCUT2D eigenvalue weighted by atomic mass is 10.0. The van der Waals surface area contributed by atoms with Crippen LogP contribution in [0, 0.1) is 18.3 Å². The molecule has 22 heavy (non-hydrogen) atoms. The van der Waals surface area contributed by atoms with Crippen LogP contribution in [0.15, 0.2) is 42.5 Å². The molecular weight excluding hydrogens is 272 g/mol. The SMILES string of the molecule is Cc1cc(C#N)ccc1C(=O)N1CCCCc2ccccc21. The Bertz CT molecular complexity index is 758. The molecule has 0 unspecified atom stereocenters. The molecule has 0 atom stereocenters. The lowest BCUT2D eigenvalue weighted by molar-refractivity contribution is 0.0986. The molecule has 0 aromatic heterocycles. The molecule has 1 amide bonds. The average Bonchev–Trinajstić information content (AvgIpc) is 2.76. The van der Waals surface area contributed by atoms with Gasteiger partial charge in [0.1, 0.15) is 0 Å². The first-order valence-electron chi connectivity index (χ1n) is 7.61. The average molecular weight is 290 g/mol. The summed E-state index contributed by atoms with van der Waals surface area (Å²) in [5.41, 5.74) is 4.38. The maximum atomic E-state index is 13.0. The lowest BCUT2D eigenvalue weighted by Gasteiger charge is -2.23. The summed E-state index contributed by atoms with van der Waals surface area (Å²) in [6.45, 7) is 2.63. The van der Waals surface area contributed by atoms with Gasteiger partial charge in [0.15, 0.2) is 0 Å². The minimum absolute atomic E-state index is 0.0244. The second-order valence-corrected chi connectivity index (χ2v) is 5.68. The number of rotatable bonds is 1. The second-order valence-electron chi connectivity index (χ2n) is 5.68. The Hall–Kier alpha value is -2.60. The Labute approximate surface area is 130 Å². The number of anilines is 1. The predicted octanol–water partition coefficient (Wildman–Crippen LogP) is 3.85. The molecule has 3 heteroatoms. The summed E-state index contributed by atoms with van der Waals surface area (Å²) >= 11 is 0. The molecule has 0 aliphatic carbocycles. The Morgan fingerprint density at radius 2 is 2.00 bits per heavy atom. The minimum Gasteiger partial charge on any atom is -0.308 e. The number of hydrogen-bond acceptors (Lipinski definition) is 2. The molecular formula is C19H18N2O. The van der Waals surface area contributed by atoms with Crippen molar-refractivity contribution in [1.82, 2.24) is 0 Å². The first-order valence-corrected chi connectivity index (χ1v) is 7.61. The molecule has 1 aliphatic heterocycles. The van der Waals surface area contributed by atoms with E-state index in [0.29, 0.717) is 11.1 Å². The van der Waals surface area contributed by atoms with Gasteiger partial charge in [-0.15, -0.1) is 0 Å². The van der Waals surface area contributed by atoms with Gasteiger partial charge in [0, 0.05) is 17.8 Å². The molecule has 110 valence electrons. The van der Waals surface area contributed by atoms with Crippen molar-refractivity contribution in [3.05, 3.63) is 64.7 Å². The quantitative estimate of drug-likeness (QED) is 0.800. The van der Waals surface area contributed by atoms with Crippen LogP contribution in [0.1, 0.15) is 39.9 Å². The summed E-state index contributed by atoms with van der Waals surface area (Å²) < 4.78 is 0. The molecule has 1 aliphatic rings. The molecule has 0 radical (unpaired) electrons. The first kappa shape index (κ1) is 14.3. The Kier molecular flexibility index (Phi) is 3.93. The van der Waals surface area contributed by atoms with Gasteiger partial charge in [0.25, 0.3) is 5.91 Å². The van der Waals surface area contributed by atoms with E-state index >= 15 is 0 Å². The van der Waals surface area contributed by atoms with Crippen molar-refractivity contribution in [3.63, 3.8) is 0 Å². The molecule has 0 saturated heterocycles. The fourth-order valence-electron chi connectivity index (χ4n) is 3.02. The number of nitrogens with zero attached hydrogens (tertiary/aromatic N) is 2. The van der Waals surface area contributed by atoms with Gasteiger partial charge in [0.2, 0.25) is 0 Å². The van der Waals surface area contributed by atoms with E-state index in [-0.39, 0.29) is 5.91 Å². The number of carbonyl (C=O) groups excluding carboxylic acids is 1. The summed E-state index contributed by atoms with van der Waals surface area (Å²) in [6.07, 6.45) is 3.13. The summed E-state index contributed by atoms with van der Waals surface area (Å²) in [4.78, 5) is 14.9. The molecule has 3 rings (SSSR count). The Morgan fingerprint density at radius 1 is 1.18 bits per heavy atom. The van der Waals surface area contributed by atoms with Crippen LogP contribution in [0.3, 0.4) is 0 Å². The third-order valence-electron chi connectivity index (χ3n) is 4.19. The van der Waals surface area contributed by atoms with Gasteiger partial charge in [-0.3, -0.25) is 4.79 Å². The third kappa shape index (κ3) is 2.60. The molecule has 2 aromatic carbocycles. The summed E-state index contributed by atoms with van der Waals surface area (Å²) in [5, 5.41) is 8.96. The number of hydrogen-bond donors (Lipinski definition) is 0. The van der Waals surface area contributed by atoms with Gasteiger partial charge in [-0.1, -0.05) is 18.2 Å². The van der Waals surface area contributed by atoms with Crippen LogP contribution in [0.2, 0.25) is 0 Å². The first-order chi connectivity index (χ1) is 10.7. The van der Waals surface area contributed by atoms with E-state index in [1.54, 1.807) is 18.2 Å². The van der Waals surface area contributed by atoms with E-state index in [4.69, 9.17) is 5.26 Å². The van der Waals surface area contributed by atoms with Gasteiger partial charge in [-0.2, -0.15) is 5.26 Å². The number of amides is 1. The normalized spacial score (nSPS) is 13.9. The van der Waals surface area contributed by atoms with Crippen LogP contribution in [0.5, 0.6) is 0 Å². The summed E-state index contributed by atoms with van der Waals surface area (Å²) in [5.74, 6) is 0.0244. The molecule has 3 nitrogen and oxygen atoms in total. The van der Waals surface area contributed by atoms with E-state index in [9.17, 15) is 4.79 Å². The van der Waals surface area contributed by atoms with E-state index in [1.807, 2.05) is 30.0 Å². The largest absolute Gasteiger partial charge is 0.308 e. The smallest absolute Gasteiger partial charge is 0.258 e. The van der Waals surface area contributed by atoms with Crippen molar-refractivity contribution in [3.8, 4) is 6.07 Å². The van der Waals surface area contributed by atoms with Crippen molar-refractivity contribution in [2.45, 2.75) is 26.2 Å². The standard InChI is InChI=1S/C19H18N2O/c1-14-12-15(13-20)9-10-17(14)19(22)21-11-5-4-7-16-6-2-3-8-18(16)21/h2-3,6,8-10,12H,4-5,7,11H2,1H3. The van der Waals surface area contributed by atoms with Crippen molar-refractivity contribution in [2.75, 3.05) is 11.4 Å². The number of para-hydroxylation sites is 1. The number of nitriles is 1. The highest BCUT2D eigenvalue weighted by atomic mass is 16.2. The van der Waals surface area contributed by atoms with E-state index < -0.39 is 0 Å². The van der Waals surface area contributed by atoms with Crippen molar-refractivity contribution in [1.29, 1.82) is 5.26 Å². The highest BCUT2D eigenvalue weighted by Crippen LogP contribution is 2.28. The van der Waals surface area contributed by atoms with Gasteiger partial charge in [0.05, 0.1) is 11.6 Å². The van der Waals surface area contributed by atoms with Crippen molar-refractivity contribution in [2.24, 2.45) is 0 Å². The topological polar surface area (TPSA) is 44.1 Å². The maximum absolute atomic E-state index is 13.0. The van der Waals surface area contributed by atoms with E-state index in [2.05, 4.69) is 12.1 Å². The highest BCUT2D eigenvalue weighted by Gasteiger charge is 2.23. The fraction of sp³-hybridized carbons (Fsp3) is 0.263. The molecule has 0 saturated carbocycles. The zero-order chi connectivity index (χ0) is 15.5. The van der Waals surface area contributed by atoms with Crippen LogP contribution >= 0.6 is 0 Å². The van der Waals surface area contributed by atoms with Gasteiger partial charge < -0.3 is 4.90 Å². The maximum Gasteiger partial charge on any atom is 0.258 e. The molecule has 1 heterocycles. The monoisotopic (exact) mass is 290 g/mol. The summed E-state index contributed by atoms with van der Waals surface area (Å²) in [6, 6.07) is 15.5. The van der Waals surface area contributed by atoms with Crippen LogP contribution in [0.25, 0.3) is 0 Å². The molecule has 0 N–H and O–H groups in total. The highest BCUT2D eigenvalue weighted by molar-refractivity contribution is 6.07. The van der Waals surface area contributed by atoms with Crippen LogP contribution < -0.4 is 4.90 Å². The zero-order valence-corrected chi connectivity index (χ0v) is 12.7. The van der Waals surface area contributed by atoms with Crippen LogP contribution in [-0.4, -0.2) is 12.5 Å². The van der Waals surface area contributed by atoms with Crippen LogP contribution in [0.4, 0.5) is 5.69 Å². The third-order valence-corrected chi connectivity index (χ3v) is 4.19. The predicted molar refractivity (Wildman–Crippen MR) is 87.0 cm³/mol. The Morgan fingerprint density at radius 3 is 2.77 bits per heavy atom. The minimum atomic E-state index is 0.0244. The van der Waals surface area contributed by atoms with Crippen molar-refractivity contribution >= 4 is 11.6 Å². The molecule has 0 spiro atoms. The van der Waals surface area contributed by atoms with Gasteiger partial charge in [-0.05, 0) is 61.6 Å². The number of carbonyl (C=O) groups is 1. The van der Waals surface area contributed by atoms with Gasteiger partial charge >= 0.3 is 0 Å². The molecule has 0 fully saturated rings. The lowest BCUT2D eigenvalue weighted by Crippen LogP contribution is -2.32. The van der Waals surface area contributed by atoms with Gasteiger partial charge in [-0.25, -0.2) is 0 Å². The summed E-state index contributed by atoms with van der Waals surface area (Å²) in [7, 11) is 0. The molecule has 2 aromatic rings. The zero-order valence-electron chi connectivity index (χ0n) is 12.7. The Balaban J connectivity index is 2.00. The van der Waals surface area contributed by atoms with Crippen LogP contribution in [-0.2, 0) is 6.42 Å². The fourth-order valence-corrected chi connectivity index (χ4v) is 3.02. The second kappa shape index (κ2) is 6.03. The van der Waals surface area contributed by atoms with E-state index in [1.165, 1.54) is 5.56 Å². The number of aryl methyl sites for hydroxylation is 2. The number of benzene rings is 2. The van der Waals surface area contributed by atoms with E-state index in [0.717, 1.165) is 37.1 Å². The van der Waals surface area contributed by atoms with Crippen molar-refractivity contribution < 1.29 is 4.79 Å².